The van der Waals surface area contributed by atoms with Crippen molar-refractivity contribution >= 4 is 17.4 Å². The third kappa shape index (κ3) is 3.50. The van der Waals surface area contributed by atoms with E-state index in [-0.39, 0.29) is 5.82 Å². The van der Waals surface area contributed by atoms with Crippen molar-refractivity contribution in [2.45, 2.75) is 30.6 Å². The summed E-state index contributed by atoms with van der Waals surface area (Å²) in [4.78, 5) is 5.33. The minimum absolute atomic E-state index is 0.220. The second kappa shape index (κ2) is 7.96. The fraction of sp³-hybridized carbons (Fsp3) is 0.478. The summed E-state index contributed by atoms with van der Waals surface area (Å²) in [5.74, 6) is 3.57. The van der Waals surface area contributed by atoms with Crippen LogP contribution in [0.4, 0.5) is 10.1 Å². The Morgan fingerprint density at radius 1 is 1.11 bits per heavy atom. The Morgan fingerprint density at radius 3 is 2.89 bits per heavy atom. The summed E-state index contributed by atoms with van der Waals surface area (Å²) in [6.07, 6.45) is 2.25. The van der Waals surface area contributed by atoms with Crippen LogP contribution in [0.2, 0.25) is 0 Å². The van der Waals surface area contributed by atoms with E-state index in [0.717, 1.165) is 31.0 Å². The van der Waals surface area contributed by atoms with Crippen molar-refractivity contribution in [2.75, 3.05) is 43.4 Å². The lowest BCUT2D eigenvalue weighted by atomic mass is 9.88. The third-order valence-corrected chi connectivity index (χ3v) is 7.32. The van der Waals surface area contributed by atoms with Crippen LogP contribution in [0.25, 0.3) is 0 Å². The van der Waals surface area contributed by atoms with Crippen molar-refractivity contribution < 1.29 is 9.13 Å². The van der Waals surface area contributed by atoms with Crippen molar-refractivity contribution in [3.63, 3.8) is 0 Å². The van der Waals surface area contributed by atoms with Crippen molar-refractivity contribution in [3.8, 4) is 5.75 Å². The molecule has 148 valence electrons. The van der Waals surface area contributed by atoms with Gasteiger partial charge in [-0.1, -0.05) is 18.2 Å². The zero-order chi connectivity index (χ0) is 18.9. The van der Waals surface area contributed by atoms with E-state index in [2.05, 4.69) is 39.8 Å². The van der Waals surface area contributed by atoms with Gasteiger partial charge in [-0.15, -0.1) is 0 Å². The number of para-hydroxylation sites is 1. The Hall–Kier alpha value is -1.72. The molecule has 0 aliphatic carbocycles. The highest BCUT2D eigenvalue weighted by Gasteiger charge is 2.42. The number of thioether (sulfide) groups is 1. The fourth-order valence-electron chi connectivity index (χ4n) is 5.06. The van der Waals surface area contributed by atoms with E-state index in [0.29, 0.717) is 18.6 Å². The summed E-state index contributed by atoms with van der Waals surface area (Å²) in [5, 5.41) is 0. The second-order valence-corrected chi connectivity index (χ2v) is 9.13. The topological polar surface area (TPSA) is 15.7 Å². The van der Waals surface area contributed by atoms with Crippen LogP contribution in [0.3, 0.4) is 0 Å². The molecule has 0 aromatic heterocycles. The average Bonchev–Trinajstić information content (AvgIpc) is 2.88. The molecule has 5 heteroatoms. The number of halogens is 1. The molecule has 0 radical (unpaired) electrons. The first-order valence-corrected chi connectivity index (χ1v) is 11.5. The molecular weight excluding hydrogens is 371 g/mol. The Morgan fingerprint density at radius 2 is 2.00 bits per heavy atom. The summed E-state index contributed by atoms with van der Waals surface area (Å²) >= 11 is 2.07. The van der Waals surface area contributed by atoms with Crippen LogP contribution in [0, 0.1) is 5.82 Å². The number of hydrogen-bond acceptors (Lipinski definition) is 4. The molecule has 0 N–H and O–H groups in total. The maximum absolute atomic E-state index is 13.0. The van der Waals surface area contributed by atoms with E-state index in [1.165, 1.54) is 43.0 Å². The van der Waals surface area contributed by atoms with Gasteiger partial charge in [-0.2, -0.15) is 11.8 Å². The molecule has 3 heterocycles. The van der Waals surface area contributed by atoms with Gasteiger partial charge in [0.2, 0.25) is 0 Å². The molecule has 0 saturated carbocycles. The van der Waals surface area contributed by atoms with Crippen LogP contribution in [-0.2, 0) is 5.75 Å². The van der Waals surface area contributed by atoms with Gasteiger partial charge in [0.05, 0.1) is 6.61 Å². The van der Waals surface area contributed by atoms with Gasteiger partial charge in [-0.3, -0.25) is 0 Å². The Bertz CT molecular complexity index is 828. The van der Waals surface area contributed by atoms with Gasteiger partial charge in [0.25, 0.3) is 0 Å². The number of anilines is 1. The van der Waals surface area contributed by atoms with Gasteiger partial charge < -0.3 is 14.5 Å². The van der Waals surface area contributed by atoms with Crippen LogP contribution in [-0.4, -0.2) is 49.5 Å². The van der Waals surface area contributed by atoms with Crippen molar-refractivity contribution in [1.82, 2.24) is 4.90 Å². The second-order valence-electron chi connectivity index (χ2n) is 8.02. The number of piperidine rings is 1. The van der Waals surface area contributed by atoms with Crippen molar-refractivity contribution in [2.24, 2.45) is 0 Å². The number of fused-ring (bicyclic) bond motifs is 3. The summed E-state index contributed by atoms with van der Waals surface area (Å²) in [6.45, 7) is 5.27. The molecule has 2 atom stereocenters. The maximum Gasteiger partial charge on any atom is 0.123 e. The van der Waals surface area contributed by atoms with Crippen LogP contribution in [0.5, 0.6) is 5.75 Å². The minimum atomic E-state index is -0.220. The largest absolute Gasteiger partial charge is 0.494 e. The number of rotatable bonds is 5. The van der Waals surface area contributed by atoms with E-state index in [4.69, 9.17) is 4.74 Å². The molecular formula is C23H27FN2OS. The Balaban J connectivity index is 1.20. The SMILES string of the molecule is Fc1ccc(OCCCN2CC[C@H]3[C@@H](C2)c2cccc4c2N3CCSC4)cc1. The number of ether oxygens (including phenoxy) is 1. The molecule has 2 aromatic rings. The molecule has 3 aliphatic rings. The van der Waals surface area contributed by atoms with Crippen LogP contribution in [0.15, 0.2) is 42.5 Å². The Kier molecular flexibility index (Phi) is 5.20. The van der Waals surface area contributed by atoms with Gasteiger partial charge in [0, 0.05) is 55.3 Å². The van der Waals surface area contributed by atoms with Crippen LogP contribution >= 0.6 is 11.8 Å². The molecule has 0 amide bonds. The van der Waals surface area contributed by atoms with E-state index in [1.807, 2.05) is 0 Å². The van der Waals surface area contributed by atoms with Gasteiger partial charge >= 0.3 is 0 Å². The first-order chi connectivity index (χ1) is 13.8. The predicted octanol–water partition coefficient (Wildman–Crippen LogP) is 4.52. The normalized spacial score (nSPS) is 23.8. The first-order valence-electron chi connectivity index (χ1n) is 10.4. The molecule has 0 bridgehead atoms. The molecule has 1 fully saturated rings. The number of likely N-dealkylation sites (tertiary alicyclic amines) is 1. The van der Waals surface area contributed by atoms with Crippen molar-refractivity contribution in [3.05, 3.63) is 59.4 Å². The highest BCUT2D eigenvalue weighted by molar-refractivity contribution is 7.98. The summed E-state index contributed by atoms with van der Waals surface area (Å²) < 4.78 is 18.7. The number of nitrogens with zero attached hydrogens (tertiary/aromatic N) is 2. The zero-order valence-corrected chi connectivity index (χ0v) is 17.0. The number of hydrogen-bond donors (Lipinski definition) is 0. The Labute approximate surface area is 170 Å². The van der Waals surface area contributed by atoms with Gasteiger partial charge in [0.1, 0.15) is 11.6 Å². The molecule has 0 unspecified atom stereocenters. The van der Waals surface area contributed by atoms with E-state index < -0.39 is 0 Å². The van der Waals surface area contributed by atoms with Gasteiger partial charge in [-0.05, 0) is 48.2 Å². The fourth-order valence-corrected chi connectivity index (χ4v) is 5.99. The molecule has 0 spiro atoms. The first kappa shape index (κ1) is 18.3. The molecule has 5 rings (SSSR count). The predicted molar refractivity (Wildman–Crippen MR) is 114 cm³/mol. The van der Waals surface area contributed by atoms with Crippen molar-refractivity contribution in [1.29, 1.82) is 0 Å². The third-order valence-electron chi connectivity index (χ3n) is 6.33. The molecule has 1 saturated heterocycles. The summed E-state index contributed by atoms with van der Waals surface area (Å²) in [5.41, 5.74) is 4.68. The standard InChI is InChI=1S/C23H27FN2OS/c24-18-5-7-19(8-6-18)27-13-2-10-25-11-9-22-21(15-25)20-4-1-3-17-16-28-14-12-26(22)23(17)20/h1,3-8,21-22H,2,9-16H2/t21-,22-/m0/s1. The van der Waals surface area contributed by atoms with Gasteiger partial charge in [0.15, 0.2) is 0 Å². The summed E-state index contributed by atoms with van der Waals surface area (Å²) in [7, 11) is 0. The lowest BCUT2D eigenvalue weighted by Crippen LogP contribution is -2.47. The highest BCUT2D eigenvalue weighted by atomic mass is 32.2. The van der Waals surface area contributed by atoms with E-state index >= 15 is 0 Å². The lowest BCUT2D eigenvalue weighted by molar-refractivity contribution is 0.178. The maximum atomic E-state index is 13.0. The monoisotopic (exact) mass is 398 g/mol. The lowest BCUT2D eigenvalue weighted by Gasteiger charge is -2.39. The van der Waals surface area contributed by atoms with E-state index in [1.54, 1.807) is 23.4 Å². The van der Waals surface area contributed by atoms with Gasteiger partial charge in [-0.25, -0.2) is 4.39 Å². The molecule has 2 aromatic carbocycles. The van der Waals surface area contributed by atoms with E-state index in [9.17, 15) is 4.39 Å². The summed E-state index contributed by atoms with van der Waals surface area (Å²) in [6, 6.07) is 13.9. The number of benzene rings is 2. The molecule has 28 heavy (non-hydrogen) atoms. The van der Waals surface area contributed by atoms with Crippen LogP contribution < -0.4 is 9.64 Å². The zero-order valence-electron chi connectivity index (χ0n) is 16.1. The molecule has 3 aliphatic heterocycles. The van der Waals surface area contributed by atoms with Crippen LogP contribution in [0.1, 0.15) is 29.9 Å². The minimum Gasteiger partial charge on any atom is -0.494 e. The molecule has 3 nitrogen and oxygen atoms in total. The highest BCUT2D eigenvalue weighted by Crippen LogP contribution is 2.48. The quantitative estimate of drug-likeness (QED) is 0.688. The average molecular weight is 399 g/mol. The smallest absolute Gasteiger partial charge is 0.123 e.